The highest BCUT2D eigenvalue weighted by molar-refractivity contribution is 6.74. The second-order valence-electron chi connectivity index (χ2n) is 11.7. The van der Waals surface area contributed by atoms with Crippen LogP contribution in [0.4, 0.5) is 19.0 Å². The fourth-order valence-corrected chi connectivity index (χ4v) is 5.87. The van der Waals surface area contributed by atoms with Crippen LogP contribution in [0.1, 0.15) is 51.1 Å². The summed E-state index contributed by atoms with van der Waals surface area (Å²) in [5.41, 5.74) is 10.4. The topological polar surface area (TPSA) is 75.2 Å². The van der Waals surface area contributed by atoms with E-state index in [1.807, 2.05) is 77.2 Å². The molecule has 216 valence electrons. The van der Waals surface area contributed by atoms with E-state index in [0.29, 0.717) is 29.0 Å². The number of hydrogen-bond donors (Lipinski definition) is 1. The third kappa shape index (κ3) is 6.50. The van der Waals surface area contributed by atoms with E-state index in [1.165, 1.54) is 5.56 Å². The Kier molecular flexibility index (Phi) is 8.63. The summed E-state index contributed by atoms with van der Waals surface area (Å²) in [5, 5.41) is 0.427. The van der Waals surface area contributed by atoms with Gasteiger partial charge in [-0.2, -0.15) is 13.2 Å². The smallest absolute Gasteiger partial charge is 0.405 e. The number of alkyl halides is 3. The number of imidazole rings is 1. The molecule has 6 nitrogen and oxygen atoms in total. The fourth-order valence-electron chi connectivity index (χ4n) is 4.56. The zero-order valence-corrected chi connectivity index (χ0v) is 25.1. The Balaban J connectivity index is 1.76. The first kappa shape index (κ1) is 30.0. The molecule has 4 rings (SSSR count). The summed E-state index contributed by atoms with van der Waals surface area (Å²) in [4.78, 5) is 9.29. The van der Waals surface area contributed by atoms with E-state index in [-0.39, 0.29) is 30.4 Å². The summed E-state index contributed by atoms with van der Waals surface area (Å²) in [6.07, 6.45) is -5.92. The van der Waals surface area contributed by atoms with Crippen LogP contribution in [-0.2, 0) is 28.7 Å². The Labute approximate surface area is 234 Å². The van der Waals surface area contributed by atoms with Crippen molar-refractivity contribution in [2.24, 2.45) is 0 Å². The number of rotatable bonds is 10. The third-order valence-corrected chi connectivity index (χ3v) is 12.2. The lowest BCUT2D eigenvalue weighted by Crippen LogP contribution is -2.48. The van der Waals surface area contributed by atoms with E-state index in [2.05, 4.69) is 22.1 Å². The SMILES string of the molecule is CCOCc1nc2c(N)nc3cc(Cc4ccccc4)ccc3c2n1CCC(O[Si](C)(C)C(C)(C)C)C(F)(F)F. The average molecular weight is 573 g/mol. The zero-order valence-electron chi connectivity index (χ0n) is 24.1. The number of pyridine rings is 1. The quantitative estimate of drug-likeness (QED) is 0.198. The van der Waals surface area contributed by atoms with Crippen LogP contribution in [0, 0.1) is 0 Å². The molecular formula is C30H39F3N4O2Si. The minimum atomic E-state index is -4.50. The molecule has 1 atom stereocenters. The van der Waals surface area contributed by atoms with Gasteiger partial charge in [-0.05, 0) is 55.1 Å². The Bertz CT molecular complexity index is 1460. The maximum Gasteiger partial charge on any atom is 0.413 e. The molecule has 10 heteroatoms. The van der Waals surface area contributed by atoms with Gasteiger partial charge in [0.05, 0.1) is 11.0 Å². The molecule has 0 spiro atoms. The number of nitrogens with two attached hydrogens (primary N) is 1. The molecule has 2 aromatic heterocycles. The van der Waals surface area contributed by atoms with Crippen LogP contribution in [0.3, 0.4) is 0 Å². The number of aryl methyl sites for hydroxylation is 1. The van der Waals surface area contributed by atoms with Crippen LogP contribution in [0.2, 0.25) is 18.1 Å². The van der Waals surface area contributed by atoms with Crippen molar-refractivity contribution in [1.29, 1.82) is 0 Å². The number of anilines is 1. The van der Waals surface area contributed by atoms with Crippen LogP contribution >= 0.6 is 0 Å². The Morgan fingerprint density at radius 2 is 1.70 bits per heavy atom. The predicted molar refractivity (Wildman–Crippen MR) is 157 cm³/mol. The van der Waals surface area contributed by atoms with Crippen molar-refractivity contribution in [3.05, 3.63) is 65.5 Å². The minimum absolute atomic E-state index is 0.0437. The predicted octanol–water partition coefficient (Wildman–Crippen LogP) is 7.64. The highest BCUT2D eigenvalue weighted by atomic mass is 28.4. The first-order valence-electron chi connectivity index (χ1n) is 13.6. The van der Waals surface area contributed by atoms with Gasteiger partial charge in [0.2, 0.25) is 0 Å². The maximum atomic E-state index is 14.2. The molecule has 0 saturated heterocycles. The van der Waals surface area contributed by atoms with Gasteiger partial charge in [0, 0.05) is 18.5 Å². The molecule has 0 saturated carbocycles. The van der Waals surface area contributed by atoms with Crippen molar-refractivity contribution in [3.8, 4) is 0 Å². The third-order valence-electron chi connectivity index (χ3n) is 7.76. The van der Waals surface area contributed by atoms with Crippen molar-refractivity contribution in [2.45, 2.75) is 84.1 Å². The fraction of sp³-hybridized carbons (Fsp3) is 0.467. The zero-order chi connectivity index (χ0) is 29.3. The molecule has 4 aromatic rings. The average Bonchev–Trinajstić information content (AvgIpc) is 3.23. The molecule has 0 aliphatic carbocycles. The van der Waals surface area contributed by atoms with Crippen LogP contribution in [0.15, 0.2) is 48.5 Å². The number of ether oxygens (including phenoxy) is 1. The molecular weight excluding hydrogens is 533 g/mol. The van der Waals surface area contributed by atoms with Crippen LogP contribution in [-0.4, -0.2) is 41.7 Å². The highest BCUT2D eigenvalue weighted by Crippen LogP contribution is 2.40. The molecule has 2 heterocycles. The van der Waals surface area contributed by atoms with Crippen molar-refractivity contribution in [1.82, 2.24) is 14.5 Å². The van der Waals surface area contributed by atoms with Crippen LogP contribution < -0.4 is 5.73 Å². The number of halogens is 3. The molecule has 0 bridgehead atoms. The van der Waals surface area contributed by atoms with Gasteiger partial charge in [-0.1, -0.05) is 63.2 Å². The van der Waals surface area contributed by atoms with Crippen LogP contribution in [0.5, 0.6) is 0 Å². The van der Waals surface area contributed by atoms with Crippen molar-refractivity contribution >= 4 is 36.1 Å². The van der Waals surface area contributed by atoms with E-state index in [1.54, 1.807) is 4.57 Å². The van der Waals surface area contributed by atoms with Gasteiger partial charge in [-0.15, -0.1) is 0 Å². The standard InChI is InChI=1S/C30H39F3N4O2Si/c1-7-38-19-25-36-26-27(37(25)16-15-24(30(31,32)33)39-40(5,6)29(2,3)4)22-14-13-21(18-23(22)35-28(26)34)17-20-11-9-8-10-12-20/h8-14,18,24H,7,15-17,19H2,1-6H3,(H2,34,35). The van der Waals surface area contributed by atoms with Gasteiger partial charge >= 0.3 is 6.18 Å². The summed E-state index contributed by atoms with van der Waals surface area (Å²) in [6, 6.07) is 16.1. The van der Waals surface area contributed by atoms with Gasteiger partial charge in [0.1, 0.15) is 24.1 Å². The van der Waals surface area contributed by atoms with Crippen LogP contribution in [0.25, 0.3) is 21.9 Å². The van der Waals surface area contributed by atoms with E-state index < -0.39 is 20.6 Å². The number of hydrogen-bond acceptors (Lipinski definition) is 5. The molecule has 0 radical (unpaired) electrons. The second-order valence-corrected chi connectivity index (χ2v) is 16.5. The number of fused-ring (bicyclic) bond motifs is 3. The first-order chi connectivity index (χ1) is 18.7. The molecule has 0 aliphatic heterocycles. The summed E-state index contributed by atoms with van der Waals surface area (Å²) in [6.45, 7) is 12.0. The molecule has 40 heavy (non-hydrogen) atoms. The van der Waals surface area contributed by atoms with Gasteiger partial charge in [-0.3, -0.25) is 0 Å². The lowest BCUT2D eigenvalue weighted by molar-refractivity contribution is -0.200. The molecule has 0 aliphatic rings. The van der Waals surface area contributed by atoms with Crippen molar-refractivity contribution in [3.63, 3.8) is 0 Å². The Hall–Kier alpha value is -2.95. The van der Waals surface area contributed by atoms with Gasteiger partial charge in [0.15, 0.2) is 14.1 Å². The van der Waals surface area contributed by atoms with E-state index >= 15 is 0 Å². The Morgan fingerprint density at radius 3 is 2.33 bits per heavy atom. The maximum absolute atomic E-state index is 14.2. The van der Waals surface area contributed by atoms with Crippen molar-refractivity contribution < 1.29 is 22.3 Å². The number of benzene rings is 2. The molecule has 2 N–H and O–H groups in total. The van der Waals surface area contributed by atoms with Crippen molar-refractivity contribution in [2.75, 3.05) is 12.3 Å². The minimum Gasteiger partial charge on any atom is -0.405 e. The van der Waals surface area contributed by atoms with E-state index in [4.69, 9.17) is 14.9 Å². The molecule has 1 unspecified atom stereocenters. The summed E-state index contributed by atoms with van der Waals surface area (Å²) in [5.74, 6) is 0.750. The lowest BCUT2D eigenvalue weighted by atomic mass is 10.0. The summed E-state index contributed by atoms with van der Waals surface area (Å²) in [7, 11) is -2.68. The lowest BCUT2D eigenvalue weighted by Gasteiger charge is -2.39. The number of aromatic nitrogens is 3. The van der Waals surface area contributed by atoms with Gasteiger partial charge in [-0.25, -0.2) is 9.97 Å². The molecule has 0 fully saturated rings. The Morgan fingerprint density at radius 1 is 1.00 bits per heavy atom. The number of nitrogen functional groups attached to an aromatic ring is 1. The highest BCUT2D eigenvalue weighted by Gasteiger charge is 2.47. The first-order valence-corrected chi connectivity index (χ1v) is 16.6. The normalized spacial score (nSPS) is 13.8. The molecule has 0 amide bonds. The largest absolute Gasteiger partial charge is 0.413 e. The second kappa shape index (κ2) is 11.5. The number of nitrogens with zero attached hydrogens (tertiary/aromatic N) is 3. The molecule has 2 aromatic carbocycles. The monoisotopic (exact) mass is 572 g/mol. The summed E-state index contributed by atoms with van der Waals surface area (Å²) < 4.78 is 56.1. The summed E-state index contributed by atoms with van der Waals surface area (Å²) >= 11 is 0. The van der Waals surface area contributed by atoms with Gasteiger partial charge in [0.25, 0.3) is 0 Å². The van der Waals surface area contributed by atoms with E-state index in [9.17, 15) is 13.2 Å². The van der Waals surface area contributed by atoms with Gasteiger partial charge < -0.3 is 19.5 Å². The van der Waals surface area contributed by atoms with E-state index in [0.717, 1.165) is 17.4 Å².